The standard InChI is InChI=1S/C6H8ClN3O4/c7-1-3(11)5(12)6-8-2-4(9-6)10(13)14/h2-3,5,11-12H,1H2,(H,8,9). The number of aromatic amines is 1. The van der Waals surface area contributed by atoms with Gasteiger partial charge in [0.25, 0.3) is 0 Å². The minimum absolute atomic E-state index is 0.0788. The lowest BCUT2D eigenvalue weighted by atomic mass is 10.2. The number of nitrogens with one attached hydrogen (secondary N) is 1. The van der Waals surface area contributed by atoms with Crippen LogP contribution in [0.2, 0.25) is 0 Å². The number of aromatic nitrogens is 2. The molecule has 1 aromatic rings. The minimum atomic E-state index is -1.35. The summed E-state index contributed by atoms with van der Waals surface area (Å²) in [7, 11) is 0. The topological polar surface area (TPSA) is 112 Å². The summed E-state index contributed by atoms with van der Waals surface area (Å²) >= 11 is 5.28. The maximum atomic E-state index is 10.2. The number of hydrogen-bond acceptors (Lipinski definition) is 5. The Morgan fingerprint density at radius 2 is 2.36 bits per heavy atom. The van der Waals surface area contributed by atoms with Crippen LogP contribution >= 0.6 is 11.6 Å². The van der Waals surface area contributed by atoms with Crippen LogP contribution in [0.4, 0.5) is 5.82 Å². The van der Waals surface area contributed by atoms with Crippen LogP contribution in [0.15, 0.2) is 6.20 Å². The van der Waals surface area contributed by atoms with E-state index in [4.69, 9.17) is 16.7 Å². The van der Waals surface area contributed by atoms with Gasteiger partial charge in [-0.25, -0.2) is 9.97 Å². The van der Waals surface area contributed by atoms with Crippen LogP contribution < -0.4 is 0 Å². The van der Waals surface area contributed by atoms with E-state index in [9.17, 15) is 15.2 Å². The van der Waals surface area contributed by atoms with Crippen molar-refractivity contribution in [3.63, 3.8) is 0 Å². The Hall–Kier alpha value is -1.18. The smallest absolute Gasteiger partial charge is 0.340 e. The van der Waals surface area contributed by atoms with E-state index in [0.29, 0.717) is 0 Å². The first-order valence-electron chi connectivity index (χ1n) is 3.67. The quantitative estimate of drug-likeness (QED) is 0.375. The van der Waals surface area contributed by atoms with Crippen molar-refractivity contribution in [3.05, 3.63) is 22.1 Å². The Kier molecular flexibility index (Phi) is 3.39. The summed E-state index contributed by atoms with van der Waals surface area (Å²) < 4.78 is 0. The average Bonchev–Trinajstić information content (AvgIpc) is 2.64. The summed E-state index contributed by atoms with van der Waals surface area (Å²) in [5, 5.41) is 28.7. The minimum Gasteiger partial charge on any atom is -0.389 e. The number of aliphatic hydroxyl groups is 2. The number of nitro groups is 1. The second-order valence-corrected chi connectivity index (χ2v) is 2.89. The summed E-state index contributed by atoms with van der Waals surface area (Å²) in [6.45, 7) is 0. The second kappa shape index (κ2) is 4.36. The molecule has 0 saturated carbocycles. The summed E-state index contributed by atoms with van der Waals surface area (Å²) in [5.41, 5.74) is 0. The first-order chi connectivity index (χ1) is 6.56. The third kappa shape index (κ3) is 2.19. The highest BCUT2D eigenvalue weighted by atomic mass is 35.5. The molecular formula is C6H8ClN3O4. The fourth-order valence-electron chi connectivity index (χ4n) is 0.836. The van der Waals surface area contributed by atoms with Gasteiger partial charge in [-0.1, -0.05) is 0 Å². The highest BCUT2D eigenvalue weighted by Crippen LogP contribution is 2.17. The molecule has 2 unspecified atom stereocenters. The van der Waals surface area contributed by atoms with E-state index in [-0.39, 0.29) is 17.5 Å². The number of H-pyrrole nitrogens is 1. The Morgan fingerprint density at radius 1 is 1.71 bits per heavy atom. The van der Waals surface area contributed by atoms with Gasteiger partial charge < -0.3 is 20.3 Å². The van der Waals surface area contributed by atoms with Gasteiger partial charge in [-0.3, -0.25) is 0 Å². The van der Waals surface area contributed by atoms with Gasteiger partial charge in [0.05, 0.1) is 5.88 Å². The number of nitrogens with zero attached hydrogens (tertiary/aromatic N) is 2. The van der Waals surface area contributed by atoms with E-state index in [1.807, 2.05) is 0 Å². The molecule has 7 nitrogen and oxygen atoms in total. The van der Waals surface area contributed by atoms with Gasteiger partial charge >= 0.3 is 5.82 Å². The molecule has 78 valence electrons. The molecule has 0 amide bonds. The van der Waals surface area contributed by atoms with E-state index in [2.05, 4.69) is 9.97 Å². The van der Waals surface area contributed by atoms with Crippen molar-refractivity contribution in [2.75, 3.05) is 5.88 Å². The van der Waals surface area contributed by atoms with Crippen LogP contribution in [0.3, 0.4) is 0 Å². The van der Waals surface area contributed by atoms with Crippen molar-refractivity contribution in [2.45, 2.75) is 12.2 Å². The molecule has 0 spiro atoms. The van der Waals surface area contributed by atoms with Crippen molar-refractivity contribution in [2.24, 2.45) is 0 Å². The highest BCUT2D eigenvalue weighted by molar-refractivity contribution is 6.18. The molecular weight excluding hydrogens is 214 g/mol. The molecule has 0 aliphatic carbocycles. The maximum absolute atomic E-state index is 10.2. The van der Waals surface area contributed by atoms with E-state index < -0.39 is 17.1 Å². The van der Waals surface area contributed by atoms with Crippen LogP contribution in [0.25, 0.3) is 0 Å². The second-order valence-electron chi connectivity index (χ2n) is 2.58. The summed E-state index contributed by atoms with van der Waals surface area (Å²) in [6, 6.07) is 0. The van der Waals surface area contributed by atoms with Crippen molar-refractivity contribution in [1.29, 1.82) is 0 Å². The number of imidazole rings is 1. The molecule has 0 fully saturated rings. The Morgan fingerprint density at radius 3 is 2.79 bits per heavy atom. The van der Waals surface area contributed by atoms with E-state index in [1.54, 1.807) is 0 Å². The number of rotatable bonds is 4. The van der Waals surface area contributed by atoms with Gasteiger partial charge in [-0.05, 0) is 4.92 Å². The van der Waals surface area contributed by atoms with E-state index >= 15 is 0 Å². The molecule has 1 rings (SSSR count). The van der Waals surface area contributed by atoms with E-state index in [1.165, 1.54) is 0 Å². The molecule has 0 aliphatic heterocycles. The van der Waals surface area contributed by atoms with Gasteiger partial charge in [0.1, 0.15) is 12.3 Å². The fourth-order valence-corrected chi connectivity index (χ4v) is 1.00. The lowest BCUT2D eigenvalue weighted by Crippen LogP contribution is -2.20. The maximum Gasteiger partial charge on any atom is 0.340 e. The van der Waals surface area contributed by atoms with Gasteiger partial charge in [-0.15, -0.1) is 11.6 Å². The highest BCUT2D eigenvalue weighted by Gasteiger charge is 2.24. The molecule has 3 N–H and O–H groups in total. The van der Waals surface area contributed by atoms with Crippen molar-refractivity contribution >= 4 is 17.4 Å². The predicted molar refractivity (Wildman–Crippen MR) is 46.9 cm³/mol. The lowest BCUT2D eigenvalue weighted by molar-refractivity contribution is -0.389. The van der Waals surface area contributed by atoms with Gasteiger partial charge in [0, 0.05) is 0 Å². The average molecular weight is 222 g/mol. The number of halogens is 1. The third-order valence-corrected chi connectivity index (χ3v) is 1.90. The van der Waals surface area contributed by atoms with Crippen molar-refractivity contribution in [1.82, 2.24) is 9.97 Å². The molecule has 1 aromatic heterocycles. The molecule has 8 heteroatoms. The Labute approximate surface area is 83.5 Å². The SMILES string of the molecule is O=[N+]([O-])c1cnc(C(O)C(O)CCl)[nH]1. The van der Waals surface area contributed by atoms with Gasteiger partial charge in [0.15, 0.2) is 6.10 Å². The predicted octanol–water partition coefficient (Wildman–Crippen LogP) is -0.0490. The number of alkyl halides is 1. The molecule has 0 aromatic carbocycles. The van der Waals surface area contributed by atoms with Crippen molar-refractivity contribution in [3.8, 4) is 0 Å². The van der Waals surface area contributed by atoms with Crippen LogP contribution in [0, 0.1) is 10.1 Å². The van der Waals surface area contributed by atoms with Gasteiger partial charge in [0.2, 0.25) is 5.82 Å². The third-order valence-electron chi connectivity index (χ3n) is 1.58. The van der Waals surface area contributed by atoms with Crippen LogP contribution in [0.1, 0.15) is 11.9 Å². The monoisotopic (exact) mass is 221 g/mol. The van der Waals surface area contributed by atoms with Crippen LogP contribution in [0.5, 0.6) is 0 Å². The van der Waals surface area contributed by atoms with Crippen LogP contribution in [-0.2, 0) is 0 Å². The zero-order valence-corrected chi connectivity index (χ0v) is 7.68. The Balaban J connectivity index is 2.81. The first kappa shape index (κ1) is 10.9. The van der Waals surface area contributed by atoms with Gasteiger partial charge in [-0.2, -0.15) is 0 Å². The summed E-state index contributed by atoms with van der Waals surface area (Å²) in [4.78, 5) is 15.3. The molecule has 0 aliphatic rings. The lowest BCUT2D eigenvalue weighted by Gasteiger charge is -2.09. The number of aliphatic hydroxyl groups excluding tert-OH is 2. The normalized spacial score (nSPS) is 15.1. The largest absolute Gasteiger partial charge is 0.389 e. The molecule has 14 heavy (non-hydrogen) atoms. The van der Waals surface area contributed by atoms with E-state index in [0.717, 1.165) is 6.20 Å². The molecule has 1 heterocycles. The molecule has 0 bridgehead atoms. The Bertz CT molecular complexity index is 329. The molecule has 0 radical (unpaired) electrons. The summed E-state index contributed by atoms with van der Waals surface area (Å²) in [5.74, 6) is -0.610. The molecule has 0 saturated heterocycles. The number of hydrogen-bond donors (Lipinski definition) is 3. The molecule has 2 atom stereocenters. The first-order valence-corrected chi connectivity index (χ1v) is 4.21. The van der Waals surface area contributed by atoms with Crippen molar-refractivity contribution < 1.29 is 15.1 Å². The summed E-state index contributed by atoms with van der Waals surface area (Å²) in [6.07, 6.45) is -1.59. The zero-order chi connectivity index (χ0) is 10.7. The fraction of sp³-hybridized carbons (Fsp3) is 0.500. The zero-order valence-electron chi connectivity index (χ0n) is 6.92. The van der Waals surface area contributed by atoms with Crippen LogP contribution in [-0.4, -0.2) is 37.1 Å².